The Kier molecular flexibility index (Phi) is 3.78. The zero-order valence-electron chi connectivity index (χ0n) is 12.4. The van der Waals surface area contributed by atoms with Crippen LogP contribution in [0.25, 0.3) is 10.2 Å². The minimum absolute atomic E-state index is 0.493. The summed E-state index contributed by atoms with van der Waals surface area (Å²) in [6.45, 7) is 7.35. The second-order valence-corrected chi connectivity index (χ2v) is 6.60. The summed E-state index contributed by atoms with van der Waals surface area (Å²) in [5, 5.41) is 8.00. The number of nitrogens with one attached hydrogen (secondary N) is 2. The summed E-state index contributed by atoms with van der Waals surface area (Å²) in [5.74, 6) is 2.53. The van der Waals surface area contributed by atoms with Crippen LogP contribution in [0.15, 0.2) is 6.07 Å². The van der Waals surface area contributed by atoms with Gasteiger partial charge in [-0.25, -0.2) is 4.98 Å². The molecule has 3 rings (SSSR count). The summed E-state index contributed by atoms with van der Waals surface area (Å²) in [6, 6.07) is 2.73. The van der Waals surface area contributed by atoms with Crippen LogP contribution in [0.4, 0.5) is 11.8 Å². The van der Waals surface area contributed by atoms with Gasteiger partial charge in [-0.05, 0) is 45.1 Å². The molecule has 20 heavy (non-hydrogen) atoms. The Morgan fingerprint density at radius 2 is 2.15 bits per heavy atom. The highest BCUT2D eigenvalue weighted by atomic mass is 32.1. The molecule has 1 atom stereocenters. The Morgan fingerprint density at radius 1 is 1.35 bits per heavy atom. The molecule has 0 bridgehead atoms. The van der Waals surface area contributed by atoms with Crippen LogP contribution >= 0.6 is 11.3 Å². The minimum Gasteiger partial charge on any atom is -0.367 e. The second-order valence-electron chi connectivity index (χ2n) is 5.48. The summed E-state index contributed by atoms with van der Waals surface area (Å²) in [6.07, 6.45) is 3.73. The van der Waals surface area contributed by atoms with Gasteiger partial charge in [0, 0.05) is 17.5 Å². The lowest BCUT2D eigenvalue weighted by Crippen LogP contribution is -2.19. The van der Waals surface area contributed by atoms with Gasteiger partial charge in [-0.15, -0.1) is 11.3 Å². The maximum atomic E-state index is 4.66. The van der Waals surface area contributed by atoms with Gasteiger partial charge in [0.1, 0.15) is 10.6 Å². The Hall–Kier alpha value is -1.36. The molecule has 1 aliphatic rings. The van der Waals surface area contributed by atoms with Crippen molar-refractivity contribution in [3.63, 3.8) is 0 Å². The van der Waals surface area contributed by atoms with Crippen LogP contribution in [-0.2, 0) is 6.42 Å². The largest absolute Gasteiger partial charge is 0.367 e. The summed E-state index contributed by atoms with van der Waals surface area (Å²) in [7, 11) is 0. The number of hydrogen-bond acceptors (Lipinski definition) is 5. The molecule has 4 nitrogen and oxygen atoms in total. The number of aromatic nitrogens is 2. The number of thiophene rings is 1. The standard InChI is InChI=1S/C15H22N4S/c1-4-11-8-12-13(17-9(3)10-6-7-10)18-15(16-5-2)19-14(12)20-11/h8-10H,4-7H2,1-3H3,(H2,16,17,18,19). The summed E-state index contributed by atoms with van der Waals surface area (Å²) < 4.78 is 0. The van der Waals surface area contributed by atoms with Gasteiger partial charge in [0.05, 0.1) is 5.39 Å². The predicted octanol–water partition coefficient (Wildman–Crippen LogP) is 3.90. The number of nitrogens with zero attached hydrogens (tertiary/aromatic N) is 2. The fraction of sp³-hybridized carbons (Fsp3) is 0.600. The van der Waals surface area contributed by atoms with E-state index in [0.717, 1.165) is 35.5 Å². The van der Waals surface area contributed by atoms with Crippen LogP contribution in [0.5, 0.6) is 0 Å². The maximum Gasteiger partial charge on any atom is 0.226 e. The van der Waals surface area contributed by atoms with Crippen LogP contribution in [0, 0.1) is 5.92 Å². The van der Waals surface area contributed by atoms with Crippen LogP contribution < -0.4 is 10.6 Å². The molecule has 0 saturated heterocycles. The highest BCUT2D eigenvalue weighted by Crippen LogP contribution is 2.36. The SMILES string of the molecule is CCNc1nc(NC(C)C2CC2)c2cc(CC)sc2n1. The first-order valence-corrected chi connectivity index (χ1v) is 8.33. The van der Waals surface area contributed by atoms with E-state index < -0.39 is 0 Å². The minimum atomic E-state index is 0.493. The molecular weight excluding hydrogens is 268 g/mol. The van der Waals surface area contributed by atoms with Crippen molar-refractivity contribution < 1.29 is 0 Å². The maximum absolute atomic E-state index is 4.66. The van der Waals surface area contributed by atoms with E-state index in [4.69, 9.17) is 0 Å². The molecule has 2 heterocycles. The van der Waals surface area contributed by atoms with E-state index in [1.54, 1.807) is 11.3 Å². The number of rotatable bonds is 6. The van der Waals surface area contributed by atoms with Crippen molar-refractivity contribution in [2.75, 3.05) is 17.2 Å². The third kappa shape index (κ3) is 2.73. The van der Waals surface area contributed by atoms with Crippen LogP contribution in [0.1, 0.15) is 38.5 Å². The van der Waals surface area contributed by atoms with E-state index in [0.29, 0.717) is 6.04 Å². The Morgan fingerprint density at radius 3 is 2.80 bits per heavy atom. The number of hydrogen-bond donors (Lipinski definition) is 2. The molecule has 2 aromatic rings. The lowest BCUT2D eigenvalue weighted by molar-refractivity contribution is 0.691. The average Bonchev–Trinajstić information content (AvgIpc) is 3.19. The molecule has 0 aliphatic heterocycles. The van der Waals surface area contributed by atoms with E-state index in [1.807, 2.05) is 0 Å². The third-order valence-electron chi connectivity index (χ3n) is 3.82. The average molecular weight is 290 g/mol. The quantitative estimate of drug-likeness (QED) is 0.847. The normalized spacial score (nSPS) is 16.4. The molecule has 1 aliphatic carbocycles. The molecule has 5 heteroatoms. The highest BCUT2D eigenvalue weighted by molar-refractivity contribution is 7.18. The monoisotopic (exact) mass is 290 g/mol. The summed E-state index contributed by atoms with van der Waals surface area (Å²) >= 11 is 1.77. The van der Waals surface area contributed by atoms with Gasteiger partial charge in [0.15, 0.2) is 0 Å². The fourth-order valence-electron chi connectivity index (χ4n) is 2.42. The van der Waals surface area contributed by atoms with Crippen molar-refractivity contribution in [3.05, 3.63) is 10.9 Å². The molecule has 108 valence electrons. The van der Waals surface area contributed by atoms with E-state index in [1.165, 1.54) is 23.1 Å². The van der Waals surface area contributed by atoms with Crippen LogP contribution in [0.2, 0.25) is 0 Å². The molecule has 0 radical (unpaired) electrons. The zero-order valence-corrected chi connectivity index (χ0v) is 13.2. The van der Waals surface area contributed by atoms with E-state index in [2.05, 4.69) is 47.4 Å². The lowest BCUT2D eigenvalue weighted by atomic mass is 10.2. The molecule has 1 unspecified atom stereocenters. The van der Waals surface area contributed by atoms with Gasteiger partial charge >= 0.3 is 0 Å². The molecule has 1 saturated carbocycles. The highest BCUT2D eigenvalue weighted by Gasteiger charge is 2.28. The Labute approximate surface area is 124 Å². The van der Waals surface area contributed by atoms with E-state index >= 15 is 0 Å². The molecule has 2 aromatic heterocycles. The van der Waals surface area contributed by atoms with E-state index in [9.17, 15) is 0 Å². The lowest BCUT2D eigenvalue weighted by Gasteiger charge is -2.15. The second kappa shape index (κ2) is 5.56. The molecule has 0 amide bonds. The predicted molar refractivity (Wildman–Crippen MR) is 86.8 cm³/mol. The first-order valence-electron chi connectivity index (χ1n) is 7.52. The third-order valence-corrected chi connectivity index (χ3v) is 4.99. The number of anilines is 2. The van der Waals surface area contributed by atoms with Gasteiger partial charge in [-0.2, -0.15) is 4.98 Å². The zero-order chi connectivity index (χ0) is 14.1. The number of fused-ring (bicyclic) bond motifs is 1. The van der Waals surface area contributed by atoms with Gasteiger partial charge in [-0.1, -0.05) is 6.92 Å². The topological polar surface area (TPSA) is 49.8 Å². The van der Waals surface area contributed by atoms with Crippen molar-refractivity contribution in [1.29, 1.82) is 0 Å². The van der Waals surface area contributed by atoms with Crippen molar-refractivity contribution in [1.82, 2.24) is 9.97 Å². The Bertz CT molecular complexity index is 603. The van der Waals surface area contributed by atoms with Gasteiger partial charge in [0.2, 0.25) is 5.95 Å². The van der Waals surface area contributed by atoms with Gasteiger partial charge in [0.25, 0.3) is 0 Å². The summed E-state index contributed by atoms with van der Waals surface area (Å²) in [5.41, 5.74) is 0. The fourth-order valence-corrected chi connectivity index (χ4v) is 3.39. The first kappa shape index (κ1) is 13.6. The smallest absolute Gasteiger partial charge is 0.226 e. The van der Waals surface area contributed by atoms with Crippen molar-refractivity contribution in [3.8, 4) is 0 Å². The van der Waals surface area contributed by atoms with Crippen molar-refractivity contribution in [2.45, 2.75) is 46.1 Å². The molecule has 2 N–H and O–H groups in total. The van der Waals surface area contributed by atoms with Crippen LogP contribution in [0.3, 0.4) is 0 Å². The Balaban J connectivity index is 1.98. The summed E-state index contributed by atoms with van der Waals surface area (Å²) in [4.78, 5) is 11.7. The van der Waals surface area contributed by atoms with E-state index in [-0.39, 0.29) is 0 Å². The van der Waals surface area contributed by atoms with Crippen molar-refractivity contribution >= 4 is 33.3 Å². The first-order chi connectivity index (χ1) is 9.71. The van der Waals surface area contributed by atoms with Crippen molar-refractivity contribution in [2.24, 2.45) is 5.92 Å². The molecular formula is C15H22N4S. The van der Waals surface area contributed by atoms with Gasteiger partial charge < -0.3 is 10.6 Å². The molecule has 1 fully saturated rings. The number of aryl methyl sites for hydroxylation is 1. The molecule has 0 aromatic carbocycles. The van der Waals surface area contributed by atoms with Crippen LogP contribution in [-0.4, -0.2) is 22.6 Å². The molecule has 0 spiro atoms. The van der Waals surface area contributed by atoms with Gasteiger partial charge in [-0.3, -0.25) is 0 Å².